The predicted molar refractivity (Wildman–Crippen MR) is 96.7 cm³/mol. The van der Waals surface area contributed by atoms with E-state index in [9.17, 15) is 9.59 Å². The Morgan fingerprint density at radius 1 is 1.12 bits per heavy atom. The molecule has 0 aliphatic carbocycles. The van der Waals surface area contributed by atoms with Crippen molar-refractivity contribution >= 4 is 11.8 Å². The maximum absolute atomic E-state index is 12.1. The van der Waals surface area contributed by atoms with Crippen LogP contribution in [0, 0.1) is 0 Å². The monoisotopic (exact) mass is 325 g/mol. The number of H-pyrrole nitrogens is 1. The lowest BCUT2D eigenvalue weighted by Crippen LogP contribution is -2.12. The fraction of sp³-hybridized carbons (Fsp3) is 0.316. The molecule has 5 nitrogen and oxygen atoms in total. The third kappa shape index (κ3) is 3.45. The lowest BCUT2D eigenvalue weighted by Gasteiger charge is -2.19. The number of hydrogen-bond donors (Lipinski definition) is 1. The maximum Gasteiger partial charge on any atom is 0.274 e. The Morgan fingerprint density at radius 2 is 1.75 bits per heavy atom. The lowest BCUT2D eigenvalue weighted by atomic mass is 9.86. The molecule has 0 unspecified atom stereocenters. The first kappa shape index (κ1) is 17.7. The molecular weight excluding hydrogens is 302 g/mol. The van der Waals surface area contributed by atoms with E-state index in [0.29, 0.717) is 17.5 Å². The number of carbonyl (C=O) groups excluding carboxylic acids is 1. The van der Waals surface area contributed by atoms with Crippen molar-refractivity contribution in [3.05, 3.63) is 58.1 Å². The van der Waals surface area contributed by atoms with Crippen LogP contribution in [0.15, 0.2) is 41.3 Å². The lowest BCUT2D eigenvalue weighted by molar-refractivity contribution is 0.111. The van der Waals surface area contributed by atoms with E-state index in [1.54, 1.807) is 6.20 Å². The number of hydrogen-bond acceptors (Lipinski definition) is 3. The topological polar surface area (TPSA) is 67.2 Å². The molecule has 0 fully saturated rings. The summed E-state index contributed by atoms with van der Waals surface area (Å²) in [6.45, 7) is 10.5. The Balaban J connectivity index is 0.00000100. The third-order valence-corrected chi connectivity index (χ3v) is 3.67. The Kier molecular flexibility index (Phi) is 5.02. The Hall–Kier alpha value is -2.69. The number of rotatable bonds is 2. The average molecular weight is 325 g/mol. The zero-order valence-electron chi connectivity index (χ0n) is 14.8. The second-order valence-corrected chi connectivity index (χ2v) is 6.34. The van der Waals surface area contributed by atoms with Crippen molar-refractivity contribution in [2.45, 2.75) is 40.0 Å². The Morgan fingerprint density at radius 3 is 2.29 bits per heavy atom. The number of nitrogens with zero attached hydrogens (tertiary/aromatic N) is 2. The number of benzene rings is 1. The number of carbonyl (C=O) groups is 1. The van der Waals surface area contributed by atoms with E-state index in [-0.39, 0.29) is 16.7 Å². The van der Waals surface area contributed by atoms with Crippen molar-refractivity contribution in [1.29, 1.82) is 0 Å². The highest BCUT2D eigenvalue weighted by Crippen LogP contribution is 2.25. The van der Waals surface area contributed by atoms with Gasteiger partial charge in [-0.1, -0.05) is 58.9 Å². The smallest absolute Gasteiger partial charge is 0.274 e. The molecule has 3 aromatic rings. The van der Waals surface area contributed by atoms with Crippen LogP contribution in [0.25, 0.3) is 16.8 Å². The molecule has 24 heavy (non-hydrogen) atoms. The molecule has 0 aliphatic heterocycles. The third-order valence-electron chi connectivity index (χ3n) is 3.67. The molecule has 0 amide bonds. The highest BCUT2D eigenvalue weighted by atomic mass is 16.1. The summed E-state index contributed by atoms with van der Waals surface area (Å²) in [4.78, 5) is 25.7. The summed E-state index contributed by atoms with van der Waals surface area (Å²) in [5.41, 5.74) is 3.20. The van der Waals surface area contributed by atoms with Gasteiger partial charge in [0.2, 0.25) is 0 Å². The highest BCUT2D eigenvalue weighted by Gasteiger charge is 2.13. The van der Waals surface area contributed by atoms with Crippen LogP contribution in [0.2, 0.25) is 0 Å². The van der Waals surface area contributed by atoms with Gasteiger partial charge < -0.3 is 4.98 Å². The molecule has 126 valence electrons. The minimum atomic E-state index is -0.266. The molecule has 0 saturated heterocycles. The highest BCUT2D eigenvalue weighted by molar-refractivity contribution is 5.75. The molecule has 3 rings (SSSR count). The summed E-state index contributed by atoms with van der Waals surface area (Å²) in [6, 6.07) is 9.53. The summed E-state index contributed by atoms with van der Waals surface area (Å²) in [5.74, 6) is 0. The van der Waals surface area contributed by atoms with Gasteiger partial charge in [-0.05, 0) is 16.5 Å². The second-order valence-electron chi connectivity index (χ2n) is 6.34. The molecule has 2 aromatic heterocycles. The largest absolute Gasteiger partial charge is 0.319 e. The zero-order valence-corrected chi connectivity index (χ0v) is 14.8. The Bertz CT molecular complexity index is 897. The van der Waals surface area contributed by atoms with Crippen LogP contribution in [0.5, 0.6) is 0 Å². The van der Waals surface area contributed by atoms with Gasteiger partial charge in [-0.25, -0.2) is 4.52 Å². The fourth-order valence-electron chi connectivity index (χ4n) is 2.38. The van der Waals surface area contributed by atoms with Crippen molar-refractivity contribution in [2.24, 2.45) is 0 Å². The number of fused-ring (bicyclic) bond motifs is 1. The number of nitrogens with one attached hydrogen (secondary N) is 1. The van der Waals surface area contributed by atoms with Crippen molar-refractivity contribution in [3.8, 4) is 11.3 Å². The van der Waals surface area contributed by atoms with E-state index in [0.717, 1.165) is 5.56 Å². The van der Waals surface area contributed by atoms with Crippen molar-refractivity contribution in [2.75, 3.05) is 0 Å². The zero-order chi connectivity index (χ0) is 17.9. The summed E-state index contributed by atoms with van der Waals surface area (Å²) in [6.07, 6.45) is 2.35. The van der Waals surface area contributed by atoms with Crippen molar-refractivity contribution in [1.82, 2.24) is 14.6 Å². The first-order chi connectivity index (χ1) is 11.4. The Labute approximate surface area is 141 Å². The average Bonchev–Trinajstić information content (AvgIpc) is 3.00. The van der Waals surface area contributed by atoms with E-state index in [4.69, 9.17) is 0 Å². The predicted octanol–water partition coefficient (Wildman–Crippen LogP) is 3.83. The van der Waals surface area contributed by atoms with Crippen molar-refractivity contribution in [3.63, 3.8) is 0 Å². The summed E-state index contributed by atoms with van der Waals surface area (Å²) in [5, 5.41) is 4.06. The molecule has 0 spiro atoms. The molecule has 0 aliphatic rings. The quantitative estimate of drug-likeness (QED) is 0.728. The van der Waals surface area contributed by atoms with Gasteiger partial charge in [-0.2, -0.15) is 5.10 Å². The molecule has 0 atom stereocenters. The first-order valence-electron chi connectivity index (χ1n) is 8.07. The second kappa shape index (κ2) is 6.83. The van der Waals surface area contributed by atoms with Crippen LogP contribution in [0.1, 0.15) is 50.7 Å². The standard InChI is InChI=1S/C17H17N3O2.C2H6/c1-17(2,3)12-6-4-11(5-7-12)14-9-20-15(16(22)18-14)8-13(10-21)19-20;1-2/h4-10H,1-3H3,(H,18,22);1-2H3. The van der Waals surface area contributed by atoms with Gasteiger partial charge in [0, 0.05) is 6.07 Å². The van der Waals surface area contributed by atoms with Crippen LogP contribution in [0.3, 0.4) is 0 Å². The van der Waals surface area contributed by atoms with Crippen LogP contribution >= 0.6 is 0 Å². The van der Waals surface area contributed by atoms with Gasteiger partial charge in [0.1, 0.15) is 11.2 Å². The molecule has 0 radical (unpaired) electrons. The molecule has 1 N–H and O–H groups in total. The van der Waals surface area contributed by atoms with Gasteiger partial charge in [0.05, 0.1) is 11.9 Å². The molecule has 0 bridgehead atoms. The van der Waals surface area contributed by atoms with Crippen molar-refractivity contribution < 1.29 is 4.79 Å². The maximum atomic E-state index is 12.1. The van der Waals surface area contributed by atoms with Gasteiger partial charge in [-0.3, -0.25) is 9.59 Å². The number of aromatic nitrogens is 3. The van der Waals surface area contributed by atoms with Crippen LogP contribution < -0.4 is 5.56 Å². The SMILES string of the molecule is CC.CC(C)(C)c1ccc(-c2cn3nc(C=O)cc3c(=O)[nH]2)cc1. The first-order valence-corrected chi connectivity index (χ1v) is 8.07. The summed E-state index contributed by atoms with van der Waals surface area (Å²) < 4.78 is 1.44. The van der Waals surface area contributed by atoms with Gasteiger partial charge in [0.25, 0.3) is 5.56 Å². The van der Waals surface area contributed by atoms with Crippen LogP contribution in [-0.4, -0.2) is 20.9 Å². The number of aldehydes is 1. The molecular formula is C19H23N3O2. The minimum Gasteiger partial charge on any atom is -0.319 e. The van der Waals surface area contributed by atoms with E-state index in [1.165, 1.54) is 16.1 Å². The normalized spacial score (nSPS) is 11.0. The molecule has 2 heterocycles. The summed E-state index contributed by atoms with van der Waals surface area (Å²) >= 11 is 0. The minimum absolute atomic E-state index is 0.0801. The van der Waals surface area contributed by atoms with Gasteiger partial charge >= 0.3 is 0 Å². The fourth-order valence-corrected chi connectivity index (χ4v) is 2.38. The van der Waals surface area contributed by atoms with Crippen LogP contribution in [0.4, 0.5) is 0 Å². The molecule has 1 aromatic carbocycles. The van der Waals surface area contributed by atoms with Gasteiger partial charge in [0.15, 0.2) is 6.29 Å². The number of aromatic amines is 1. The molecule has 0 saturated carbocycles. The van der Waals surface area contributed by atoms with E-state index in [2.05, 4.69) is 43.0 Å². The van der Waals surface area contributed by atoms with Crippen LogP contribution in [-0.2, 0) is 5.41 Å². The van der Waals surface area contributed by atoms with E-state index >= 15 is 0 Å². The molecule has 5 heteroatoms. The van der Waals surface area contributed by atoms with E-state index < -0.39 is 0 Å². The van der Waals surface area contributed by atoms with E-state index in [1.807, 2.05) is 26.0 Å². The van der Waals surface area contributed by atoms with Gasteiger partial charge in [-0.15, -0.1) is 0 Å². The summed E-state index contributed by atoms with van der Waals surface area (Å²) in [7, 11) is 0.